The number of hydrogen-bond acceptors (Lipinski definition) is 3. The van der Waals surface area contributed by atoms with E-state index >= 15 is 0 Å². The Morgan fingerprint density at radius 3 is 2.83 bits per heavy atom. The summed E-state index contributed by atoms with van der Waals surface area (Å²) in [6.07, 6.45) is 9.21. The summed E-state index contributed by atoms with van der Waals surface area (Å²) in [6.45, 7) is 0. The summed E-state index contributed by atoms with van der Waals surface area (Å²) in [5, 5.41) is 13.7. The second-order valence-electron chi connectivity index (χ2n) is 4.63. The SMILES string of the molecule is O=C(O)c1cn(C2CCCC2)nc1-c1ccoc1. The van der Waals surface area contributed by atoms with Crippen LogP contribution < -0.4 is 0 Å². The first kappa shape index (κ1) is 11.1. The van der Waals surface area contributed by atoms with Crippen molar-refractivity contribution in [2.45, 2.75) is 31.7 Å². The Balaban J connectivity index is 2.04. The van der Waals surface area contributed by atoms with Crippen molar-refractivity contribution in [3.63, 3.8) is 0 Å². The number of carbonyl (C=O) groups is 1. The molecule has 0 unspecified atom stereocenters. The number of aromatic nitrogens is 2. The predicted molar refractivity (Wildman–Crippen MR) is 64.4 cm³/mol. The van der Waals surface area contributed by atoms with Gasteiger partial charge in [-0.3, -0.25) is 4.68 Å². The van der Waals surface area contributed by atoms with Gasteiger partial charge < -0.3 is 9.52 Å². The molecule has 2 aromatic heterocycles. The van der Waals surface area contributed by atoms with E-state index < -0.39 is 5.97 Å². The molecule has 5 nitrogen and oxygen atoms in total. The number of carboxylic acid groups (broad SMARTS) is 1. The largest absolute Gasteiger partial charge is 0.478 e. The Bertz CT molecular complexity index is 551. The van der Waals surface area contributed by atoms with E-state index in [4.69, 9.17) is 4.42 Å². The number of aromatic carboxylic acids is 1. The molecule has 1 fully saturated rings. The molecule has 5 heteroatoms. The highest BCUT2D eigenvalue weighted by molar-refractivity contribution is 5.94. The van der Waals surface area contributed by atoms with E-state index in [9.17, 15) is 9.90 Å². The molecule has 2 aromatic rings. The molecule has 0 bridgehead atoms. The minimum atomic E-state index is -0.949. The molecule has 2 heterocycles. The van der Waals surface area contributed by atoms with Gasteiger partial charge >= 0.3 is 5.97 Å². The van der Waals surface area contributed by atoms with Crippen LogP contribution in [0.3, 0.4) is 0 Å². The first-order valence-electron chi connectivity index (χ1n) is 6.10. The zero-order chi connectivity index (χ0) is 12.5. The molecule has 1 aliphatic carbocycles. The highest BCUT2D eigenvalue weighted by Gasteiger charge is 2.23. The molecule has 3 rings (SSSR count). The lowest BCUT2D eigenvalue weighted by atomic mass is 10.1. The van der Waals surface area contributed by atoms with Crippen LogP contribution in [0.1, 0.15) is 42.1 Å². The van der Waals surface area contributed by atoms with Crippen molar-refractivity contribution < 1.29 is 14.3 Å². The lowest BCUT2D eigenvalue weighted by Gasteiger charge is -2.08. The Hall–Kier alpha value is -2.04. The number of nitrogens with zero attached hydrogens (tertiary/aromatic N) is 2. The topological polar surface area (TPSA) is 68.3 Å². The Morgan fingerprint density at radius 1 is 1.44 bits per heavy atom. The van der Waals surface area contributed by atoms with Crippen molar-refractivity contribution in [1.29, 1.82) is 0 Å². The van der Waals surface area contributed by atoms with Crippen molar-refractivity contribution in [3.05, 3.63) is 30.4 Å². The van der Waals surface area contributed by atoms with Crippen LogP contribution in [0.2, 0.25) is 0 Å². The van der Waals surface area contributed by atoms with Crippen molar-refractivity contribution in [2.24, 2.45) is 0 Å². The van der Waals surface area contributed by atoms with Gasteiger partial charge in [-0.15, -0.1) is 0 Å². The maximum Gasteiger partial charge on any atom is 0.339 e. The Labute approximate surface area is 104 Å². The number of rotatable bonds is 3. The third-order valence-electron chi connectivity index (χ3n) is 3.46. The maximum atomic E-state index is 11.3. The first-order valence-corrected chi connectivity index (χ1v) is 6.10. The van der Waals surface area contributed by atoms with E-state index in [0.717, 1.165) is 12.8 Å². The van der Waals surface area contributed by atoms with Gasteiger partial charge in [0.05, 0.1) is 18.6 Å². The molecule has 94 valence electrons. The van der Waals surface area contributed by atoms with Gasteiger partial charge in [0.25, 0.3) is 0 Å². The molecular formula is C13H14N2O3. The fraction of sp³-hybridized carbons (Fsp3) is 0.385. The first-order chi connectivity index (χ1) is 8.75. The van der Waals surface area contributed by atoms with Gasteiger partial charge in [0.2, 0.25) is 0 Å². The van der Waals surface area contributed by atoms with E-state index in [1.54, 1.807) is 16.9 Å². The second-order valence-corrected chi connectivity index (χ2v) is 4.63. The zero-order valence-corrected chi connectivity index (χ0v) is 9.87. The average Bonchev–Trinajstić information content (AvgIpc) is 3.10. The summed E-state index contributed by atoms with van der Waals surface area (Å²) in [5.41, 5.74) is 1.44. The predicted octanol–water partition coefficient (Wildman–Crippen LogP) is 2.96. The molecule has 1 N–H and O–H groups in total. The van der Waals surface area contributed by atoms with E-state index in [0.29, 0.717) is 17.3 Å². The van der Waals surface area contributed by atoms with Crippen molar-refractivity contribution in [3.8, 4) is 11.3 Å². The maximum absolute atomic E-state index is 11.3. The highest BCUT2D eigenvalue weighted by Crippen LogP contribution is 2.31. The van der Waals surface area contributed by atoms with Crippen LogP contribution in [0.25, 0.3) is 11.3 Å². The van der Waals surface area contributed by atoms with Crippen molar-refractivity contribution in [2.75, 3.05) is 0 Å². The van der Waals surface area contributed by atoms with Crippen LogP contribution in [0, 0.1) is 0 Å². The number of hydrogen-bond donors (Lipinski definition) is 1. The standard InChI is InChI=1S/C13H14N2O3/c16-13(17)11-7-15(10-3-1-2-4-10)14-12(11)9-5-6-18-8-9/h5-8,10H,1-4H2,(H,16,17). The zero-order valence-electron chi connectivity index (χ0n) is 9.87. The summed E-state index contributed by atoms with van der Waals surface area (Å²) in [6, 6.07) is 2.07. The lowest BCUT2D eigenvalue weighted by Crippen LogP contribution is -2.05. The van der Waals surface area contributed by atoms with Crippen LogP contribution in [0.15, 0.2) is 29.2 Å². The highest BCUT2D eigenvalue weighted by atomic mass is 16.4. The van der Waals surface area contributed by atoms with Crippen LogP contribution >= 0.6 is 0 Å². The smallest absolute Gasteiger partial charge is 0.339 e. The van der Waals surface area contributed by atoms with E-state index in [1.165, 1.54) is 25.4 Å². The molecule has 0 saturated heterocycles. The Kier molecular flexibility index (Phi) is 2.66. The second kappa shape index (κ2) is 4.33. The molecule has 1 saturated carbocycles. The fourth-order valence-corrected chi connectivity index (χ4v) is 2.52. The van der Waals surface area contributed by atoms with E-state index in [-0.39, 0.29) is 5.56 Å². The quantitative estimate of drug-likeness (QED) is 0.904. The molecule has 0 radical (unpaired) electrons. The molecule has 0 aromatic carbocycles. The van der Waals surface area contributed by atoms with Crippen LogP contribution in [-0.4, -0.2) is 20.9 Å². The lowest BCUT2D eigenvalue weighted by molar-refractivity contribution is 0.0697. The van der Waals surface area contributed by atoms with Crippen molar-refractivity contribution >= 4 is 5.97 Å². The van der Waals surface area contributed by atoms with Gasteiger partial charge in [-0.1, -0.05) is 12.8 Å². The summed E-state index contributed by atoms with van der Waals surface area (Å²) < 4.78 is 6.80. The Morgan fingerprint density at radius 2 is 2.22 bits per heavy atom. The number of carboxylic acids is 1. The van der Waals surface area contributed by atoms with Gasteiger partial charge in [0.15, 0.2) is 0 Å². The molecule has 18 heavy (non-hydrogen) atoms. The molecular weight excluding hydrogens is 232 g/mol. The summed E-state index contributed by atoms with van der Waals surface area (Å²) in [4.78, 5) is 11.3. The molecule has 0 amide bonds. The molecule has 0 aliphatic heterocycles. The van der Waals surface area contributed by atoms with E-state index in [2.05, 4.69) is 5.10 Å². The molecule has 1 aliphatic rings. The van der Waals surface area contributed by atoms with Crippen LogP contribution in [0.4, 0.5) is 0 Å². The third-order valence-corrected chi connectivity index (χ3v) is 3.46. The normalized spacial score (nSPS) is 16.2. The number of furan rings is 1. The van der Waals surface area contributed by atoms with Gasteiger partial charge in [0.1, 0.15) is 11.3 Å². The van der Waals surface area contributed by atoms with Gasteiger partial charge in [-0.25, -0.2) is 4.79 Å². The van der Waals surface area contributed by atoms with Crippen LogP contribution in [-0.2, 0) is 0 Å². The van der Waals surface area contributed by atoms with Crippen molar-refractivity contribution in [1.82, 2.24) is 9.78 Å². The minimum Gasteiger partial charge on any atom is -0.478 e. The van der Waals surface area contributed by atoms with Crippen LogP contribution in [0.5, 0.6) is 0 Å². The summed E-state index contributed by atoms with van der Waals surface area (Å²) in [5.74, 6) is -0.949. The van der Waals surface area contributed by atoms with Gasteiger partial charge in [-0.05, 0) is 18.9 Å². The average molecular weight is 246 g/mol. The van der Waals surface area contributed by atoms with Gasteiger partial charge in [-0.2, -0.15) is 5.10 Å². The monoisotopic (exact) mass is 246 g/mol. The minimum absolute atomic E-state index is 0.239. The molecule has 0 spiro atoms. The van der Waals surface area contributed by atoms with E-state index in [1.807, 2.05) is 0 Å². The molecule has 0 atom stereocenters. The van der Waals surface area contributed by atoms with Gasteiger partial charge in [0, 0.05) is 11.8 Å². The summed E-state index contributed by atoms with van der Waals surface area (Å²) in [7, 11) is 0. The summed E-state index contributed by atoms with van der Waals surface area (Å²) >= 11 is 0. The fourth-order valence-electron chi connectivity index (χ4n) is 2.52. The third kappa shape index (κ3) is 1.81.